The average molecular weight is 542 g/mol. The highest BCUT2D eigenvalue weighted by atomic mass is 16.4. The molecule has 6 atom stereocenters. The molecule has 12 heteroatoms. The van der Waals surface area contributed by atoms with E-state index in [2.05, 4.69) is 13.2 Å². The fraction of sp³-hybridized carbons (Fsp3) is 0.370. The third-order valence-electron chi connectivity index (χ3n) is 7.78. The Hall–Kier alpha value is -3.97. The topological polar surface area (TPSA) is 205 Å². The van der Waals surface area contributed by atoms with Gasteiger partial charge in [-0.2, -0.15) is 0 Å². The van der Waals surface area contributed by atoms with Crippen molar-refractivity contribution in [3.05, 3.63) is 65.5 Å². The molecule has 12 nitrogen and oxygen atoms in total. The van der Waals surface area contributed by atoms with Gasteiger partial charge in [-0.1, -0.05) is 18.2 Å². The smallest absolute Gasteiger partial charge is 0.255 e. The summed E-state index contributed by atoms with van der Waals surface area (Å²) in [4.78, 5) is 42.1. The lowest BCUT2D eigenvalue weighted by atomic mass is 9.55. The number of rotatable bonds is 7. The Morgan fingerprint density at radius 2 is 1.69 bits per heavy atom. The van der Waals surface area contributed by atoms with E-state index in [4.69, 9.17) is 5.73 Å². The van der Waals surface area contributed by atoms with E-state index in [1.807, 2.05) is 0 Å². The van der Waals surface area contributed by atoms with E-state index in [0.717, 1.165) is 0 Å². The van der Waals surface area contributed by atoms with Crippen LogP contribution in [0.2, 0.25) is 0 Å². The maximum absolute atomic E-state index is 13.9. The van der Waals surface area contributed by atoms with Crippen molar-refractivity contribution in [2.24, 2.45) is 17.6 Å². The number of ketones is 2. The van der Waals surface area contributed by atoms with Crippen LogP contribution >= 0.6 is 0 Å². The Morgan fingerprint density at radius 1 is 1.10 bits per heavy atom. The molecule has 1 aromatic rings. The number of fused-ring (bicyclic) bond motifs is 3. The summed E-state index contributed by atoms with van der Waals surface area (Å²) in [5.41, 5.74) is 0.410. The molecule has 6 unspecified atom stereocenters. The number of hydrogen-bond donors (Lipinski definition) is 7. The van der Waals surface area contributed by atoms with Crippen LogP contribution in [0.1, 0.15) is 17.2 Å². The van der Waals surface area contributed by atoms with Gasteiger partial charge < -0.3 is 41.3 Å². The van der Waals surface area contributed by atoms with Gasteiger partial charge in [-0.3, -0.25) is 19.3 Å². The minimum Gasteiger partial charge on any atom is -0.508 e. The van der Waals surface area contributed by atoms with Crippen molar-refractivity contribution in [1.82, 2.24) is 4.90 Å². The number of likely N-dealkylation sites (N-methyl/N-ethyl adjacent to an activating group) is 1. The van der Waals surface area contributed by atoms with E-state index in [9.17, 15) is 45.0 Å². The van der Waals surface area contributed by atoms with Crippen molar-refractivity contribution in [1.29, 1.82) is 0 Å². The lowest BCUT2D eigenvalue weighted by Crippen LogP contribution is -2.70. The van der Waals surface area contributed by atoms with E-state index >= 15 is 0 Å². The molecule has 0 bridgehead atoms. The number of nitrogens with two attached hydrogens (primary N) is 1. The first kappa shape index (κ1) is 28.0. The van der Waals surface area contributed by atoms with Crippen molar-refractivity contribution in [2.45, 2.75) is 23.9 Å². The van der Waals surface area contributed by atoms with Crippen LogP contribution in [-0.4, -0.2) is 97.9 Å². The number of amides is 1. The zero-order valence-electron chi connectivity index (χ0n) is 21.4. The lowest BCUT2D eigenvalue weighted by Gasteiger charge is -2.53. The highest BCUT2D eigenvalue weighted by molar-refractivity contribution is 6.24. The van der Waals surface area contributed by atoms with Gasteiger partial charge in [0, 0.05) is 24.6 Å². The van der Waals surface area contributed by atoms with Gasteiger partial charge in [0.15, 0.2) is 11.4 Å². The number of anilines is 1. The molecule has 0 heterocycles. The van der Waals surface area contributed by atoms with Crippen LogP contribution in [0.4, 0.5) is 5.69 Å². The number of aromatic hydroxyl groups is 1. The summed E-state index contributed by atoms with van der Waals surface area (Å²) in [5.74, 6) is -9.81. The molecule has 3 aliphatic rings. The van der Waals surface area contributed by atoms with Gasteiger partial charge in [0.25, 0.3) is 5.91 Å². The summed E-state index contributed by atoms with van der Waals surface area (Å²) < 4.78 is 0. The van der Waals surface area contributed by atoms with Crippen LogP contribution in [0, 0.1) is 11.8 Å². The number of benzene rings is 1. The zero-order valence-corrected chi connectivity index (χ0v) is 21.4. The van der Waals surface area contributed by atoms with Crippen molar-refractivity contribution >= 4 is 28.9 Å². The average Bonchev–Trinajstić information content (AvgIpc) is 2.85. The number of carbonyl (C=O) groups is 3. The highest BCUT2D eigenvalue weighted by Gasteiger charge is 2.68. The van der Waals surface area contributed by atoms with Crippen LogP contribution in [0.5, 0.6) is 5.75 Å². The summed E-state index contributed by atoms with van der Waals surface area (Å²) in [7, 11) is 2.79. The van der Waals surface area contributed by atoms with E-state index < -0.39 is 81.6 Å². The van der Waals surface area contributed by atoms with E-state index in [0.29, 0.717) is 0 Å². The Balaban J connectivity index is 2.01. The van der Waals surface area contributed by atoms with E-state index in [1.165, 1.54) is 31.1 Å². The maximum Gasteiger partial charge on any atom is 0.255 e. The number of aliphatic hydroxyl groups is 5. The van der Waals surface area contributed by atoms with Gasteiger partial charge in [0.2, 0.25) is 5.78 Å². The molecule has 1 aromatic carbocycles. The van der Waals surface area contributed by atoms with Gasteiger partial charge in [-0.25, -0.2) is 0 Å². The standard InChI is InChI=1S/C27H31N3O9/c1-5-9-30(10-6-2)12-8-7-11-13(20(12)32)21(33)15-14(19(11)31)22(34)17-18(29(3)4)23(35)16(26(28)38)25(37)27(17,39)24(15)36/h5-8,14,17-19,22,31-34,37,39H,1-2,9-10H2,3-4H3,(H2,28,38). The Morgan fingerprint density at radius 3 is 2.21 bits per heavy atom. The normalized spacial score (nSPS) is 30.1. The second kappa shape index (κ2) is 9.65. The number of nitrogens with zero attached hydrogens (tertiary/aromatic N) is 2. The molecular formula is C27H31N3O9. The first-order valence-corrected chi connectivity index (χ1v) is 12.1. The first-order chi connectivity index (χ1) is 18.3. The fourth-order valence-electron chi connectivity index (χ4n) is 6.11. The molecule has 1 amide bonds. The number of aliphatic hydroxyl groups excluding tert-OH is 4. The minimum absolute atomic E-state index is 0.0157. The predicted molar refractivity (Wildman–Crippen MR) is 139 cm³/mol. The number of phenols is 1. The SMILES string of the molecule is C=CCN(CC=C)c1ccc2c(c1O)C(O)=C1C(=O)C3(O)C(O)=C(C(N)=O)C(=O)C(N(C)C)C3C(O)C1C2O. The summed E-state index contributed by atoms with van der Waals surface area (Å²) in [6, 6.07) is 1.39. The first-order valence-electron chi connectivity index (χ1n) is 12.1. The summed E-state index contributed by atoms with van der Waals surface area (Å²) >= 11 is 0. The predicted octanol–water partition coefficient (Wildman–Crippen LogP) is -0.396. The monoisotopic (exact) mass is 541 g/mol. The largest absolute Gasteiger partial charge is 0.508 e. The molecular weight excluding hydrogens is 510 g/mol. The van der Waals surface area contributed by atoms with Gasteiger partial charge in [0.05, 0.1) is 35.4 Å². The second-order valence-corrected chi connectivity index (χ2v) is 10.1. The number of carbonyl (C=O) groups excluding carboxylic acids is 3. The van der Waals surface area contributed by atoms with Crippen LogP contribution in [0.25, 0.3) is 5.76 Å². The van der Waals surface area contributed by atoms with Crippen molar-refractivity contribution in [3.8, 4) is 5.75 Å². The van der Waals surface area contributed by atoms with Crippen LogP contribution in [-0.2, 0) is 14.4 Å². The minimum atomic E-state index is -3.06. The van der Waals surface area contributed by atoms with Gasteiger partial charge >= 0.3 is 0 Å². The molecule has 39 heavy (non-hydrogen) atoms. The zero-order chi connectivity index (χ0) is 29.1. The van der Waals surface area contributed by atoms with Crippen molar-refractivity contribution < 1.29 is 45.0 Å². The molecule has 1 saturated carbocycles. The summed E-state index contributed by atoms with van der Waals surface area (Å²) in [6.07, 6.45) is -0.428. The molecule has 0 spiro atoms. The Kier molecular flexibility index (Phi) is 6.94. The molecule has 0 aromatic heterocycles. The molecule has 4 rings (SSSR count). The van der Waals surface area contributed by atoms with Crippen LogP contribution < -0.4 is 10.6 Å². The quantitative estimate of drug-likeness (QED) is 0.175. The second-order valence-electron chi connectivity index (χ2n) is 10.1. The number of phenolic OH excluding ortho intramolecular Hbond substituents is 1. The third kappa shape index (κ3) is 3.71. The molecule has 0 aliphatic heterocycles. The molecule has 208 valence electrons. The fourth-order valence-corrected chi connectivity index (χ4v) is 6.11. The number of primary amides is 1. The van der Waals surface area contributed by atoms with Gasteiger partial charge in [0.1, 0.15) is 22.8 Å². The molecule has 0 radical (unpaired) electrons. The number of Topliss-reactive ketones (excluding diaryl/α,β-unsaturated/α-hetero) is 2. The number of hydrogen-bond acceptors (Lipinski definition) is 11. The maximum atomic E-state index is 13.9. The Bertz CT molecular complexity index is 1350. The summed E-state index contributed by atoms with van der Waals surface area (Å²) in [6.45, 7) is 7.89. The molecule has 8 N–H and O–H groups in total. The van der Waals surface area contributed by atoms with Gasteiger partial charge in [-0.15, -0.1) is 13.2 Å². The third-order valence-corrected chi connectivity index (χ3v) is 7.78. The van der Waals surface area contributed by atoms with E-state index in [-0.39, 0.29) is 29.9 Å². The highest BCUT2D eigenvalue weighted by Crippen LogP contribution is 2.56. The van der Waals surface area contributed by atoms with Crippen molar-refractivity contribution in [3.63, 3.8) is 0 Å². The lowest BCUT2D eigenvalue weighted by molar-refractivity contribution is -0.174. The molecule has 0 saturated heterocycles. The van der Waals surface area contributed by atoms with Crippen LogP contribution in [0.15, 0.2) is 54.3 Å². The van der Waals surface area contributed by atoms with Gasteiger partial charge in [-0.05, 0) is 25.7 Å². The molecule has 1 fully saturated rings. The van der Waals surface area contributed by atoms with Crippen molar-refractivity contribution in [2.75, 3.05) is 32.1 Å². The van der Waals surface area contributed by atoms with E-state index in [1.54, 1.807) is 17.1 Å². The Labute approximate surface area is 223 Å². The summed E-state index contributed by atoms with van der Waals surface area (Å²) in [5, 5.41) is 67.9. The molecule has 3 aliphatic carbocycles. The van der Waals surface area contributed by atoms with Crippen LogP contribution in [0.3, 0.4) is 0 Å².